The summed E-state index contributed by atoms with van der Waals surface area (Å²) in [5, 5.41) is 2.75. The summed E-state index contributed by atoms with van der Waals surface area (Å²) in [6.45, 7) is 5.49. The van der Waals surface area contributed by atoms with Gasteiger partial charge in [0.05, 0.1) is 5.92 Å². The Kier molecular flexibility index (Phi) is 6.13. The van der Waals surface area contributed by atoms with E-state index in [1.165, 1.54) is 0 Å². The van der Waals surface area contributed by atoms with Gasteiger partial charge in [-0.25, -0.2) is 0 Å². The van der Waals surface area contributed by atoms with E-state index in [0.717, 1.165) is 11.1 Å². The van der Waals surface area contributed by atoms with Crippen LogP contribution in [0.2, 0.25) is 0 Å². The number of carbonyl (C=O) groups is 2. The van der Waals surface area contributed by atoms with Crippen molar-refractivity contribution in [2.45, 2.75) is 39.2 Å². The highest BCUT2D eigenvalue weighted by Gasteiger charge is 2.25. The fourth-order valence-corrected chi connectivity index (χ4v) is 2.41. The van der Waals surface area contributed by atoms with Crippen molar-refractivity contribution in [3.63, 3.8) is 0 Å². The molecule has 0 aliphatic carbocycles. The SMILES string of the molecule is CC[C@@H](C(=O)O[C@@H](C)C(=O)Nc1ccc(C)cc1)c1ccccc1. The molecule has 0 heterocycles. The monoisotopic (exact) mass is 325 g/mol. The number of amides is 1. The first kappa shape index (κ1) is 17.7. The molecule has 0 aliphatic heterocycles. The first-order chi connectivity index (χ1) is 11.5. The summed E-state index contributed by atoms with van der Waals surface area (Å²) in [6, 6.07) is 16.9. The smallest absolute Gasteiger partial charge is 0.314 e. The van der Waals surface area contributed by atoms with E-state index in [1.54, 1.807) is 6.92 Å². The summed E-state index contributed by atoms with van der Waals surface area (Å²) in [7, 11) is 0. The maximum Gasteiger partial charge on any atom is 0.314 e. The number of aryl methyl sites for hydroxylation is 1. The Hall–Kier alpha value is -2.62. The molecule has 2 aromatic rings. The van der Waals surface area contributed by atoms with Crippen molar-refractivity contribution >= 4 is 17.6 Å². The molecule has 0 fully saturated rings. The molecule has 0 unspecified atom stereocenters. The zero-order valence-corrected chi connectivity index (χ0v) is 14.3. The first-order valence-electron chi connectivity index (χ1n) is 8.14. The summed E-state index contributed by atoms with van der Waals surface area (Å²) in [5.41, 5.74) is 2.70. The molecule has 0 radical (unpaired) electrons. The largest absolute Gasteiger partial charge is 0.452 e. The summed E-state index contributed by atoms with van der Waals surface area (Å²) in [5.74, 6) is -1.08. The lowest BCUT2D eigenvalue weighted by Crippen LogP contribution is -2.31. The van der Waals surface area contributed by atoms with Crippen LogP contribution in [0.3, 0.4) is 0 Å². The fourth-order valence-electron chi connectivity index (χ4n) is 2.41. The predicted molar refractivity (Wildman–Crippen MR) is 94.8 cm³/mol. The molecule has 1 N–H and O–H groups in total. The van der Waals surface area contributed by atoms with E-state index >= 15 is 0 Å². The van der Waals surface area contributed by atoms with Crippen LogP contribution in [-0.4, -0.2) is 18.0 Å². The van der Waals surface area contributed by atoms with Gasteiger partial charge >= 0.3 is 5.97 Å². The molecular weight excluding hydrogens is 302 g/mol. The van der Waals surface area contributed by atoms with Crippen LogP contribution in [0.15, 0.2) is 54.6 Å². The Labute approximate surface area is 142 Å². The normalized spacial score (nSPS) is 13.0. The zero-order chi connectivity index (χ0) is 17.5. The highest BCUT2D eigenvalue weighted by atomic mass is 16.5. The van der Waals surface area contributed by atoms with Crippen LogP contribution in [0, 0.1) is 6.92 Å². The molecule has 4 heteroatoms. The van der Waals surface area contributed by atoms with Crippen LogP contribution in [0.25, 0.3) is 0 Å². The second kappa shape index (κ2) is 8.29. The topological polar surface area (TPSA) is 55.4 Å². The molecule has 0 aromatic heterocycles. The summed E-state index contributed by atoms with van der Waals surface area (Å²) >= 11 is 0. The van der Waals surface area contributed by atoms with Crippen molar-refractivity contribution in [1.29, 1.82) is 0 Å². The molecule has 0 spiro atoms. The lowest BCUT2D eigenvalue weighted by molar-refractivity contribution is -0.154. The van der Waals surface area contributed by atoms with Gasteiger partial charge in [0.2, 0.25) is 0 Å². The molecule has 0 aliphatic rings. The van der Waals surface area contributed by atoms with E-state index in [0.29, 0.717) is 12.1 Å². The van der Waals surface area contributed by atoms with Crippen LogP contribution in [0.1, 0.15) is 37.3 Å². The number of hydrogen-bond acceptors (Lipinski definition) is 3. The molecule has 1 amide bonds. The number of ether oxygens (including phenoxy) is 1. The molecule has 2 rings (SSSR count). The van der Waals surface area contributed by atoms with Gasteiger partial charge in [-0.2, -0.15) is 0 Å². The summed E-state index contributed by atoms with van der Waals surface area (Å²) < 4.78 is 5.36. The molecular formula is C20H23NO3. The summed E-state index contributed by atoms with van der Waals surface area (Å²) in [6.07, 6.45) is -0.230. The van der Waals surface area contributed by atoms with E-state index in [4.69, 9.17) is 4.74 Å². The number of anilines is 1. The van der Waals surface area contributed by atoms with Gasteiger partial charge in [-0.05, 0) is 38.0 Å². The standard InChI is InChI=1S/C20H23NO3/c1-4-18(16-8-6-5-7-9-16)20(23)24-15(3)19(22)21-17-12-10-14(2)11-13-17/h5-13,15,18H,4H2,1-3H3,(H,21,22)/t15-,18+/m0/s1. The van der Waals surface area contributed by atoms with Gasteiger partial charge in [-0.1, -0.05) is 55.0 Å². The van der Waals surface area contributed by atoms with Gasteiger partial charge in [-0.3, -0.25) is 9.59 Å². The maximum absolute atomic E-state index is 12.4. The second-order valence-corrected chi connectivity index (χ2v) is 5.81. The number of hydrogen-bond donors (Lipinski definition) is 1. The number of carbonyl (C=O) groups excluding carboxylic acids is 2. The molecule has 126 valence electrons. The molecule has 2 atom stereocenters. The van der Waals surface area contributed by atoms with E-state index in [9.17, 15) is 9.59 Å². The molecule has 0 saturated heterocycles. The van der Waals surface area contributed by atoms with Crippen LogP contribution in [-0.2, 0) is 14.3 Å². The van der Waals surface area contributed by atoms with Gasteiger partial charge < -0.3 is 10.1 Å². The minimum atomic E-state index is -0.850. The molecule has 2 aromatic carbocycles. The Morgan fingerprint density at radius 3 is 2.25 bits per heavy atom. The average Bonchev–Trinajstić information content (AvgIpc) is 2.58. The fraction of sp³-hybridized carbons (Fsp3) is 0.300. The van der Waals surface area contributed by atoms with Crippen molar-refractivity contribution in [3.05, 3.63) is 65.7 Å². The molecule has 0 bridgehead atoms. The third-order valence-electron chi connectivity index (χ3n) is 3.88. The maximum atomic E-state index is 12.4. The van der Waals surface area contributed by atoms with Gasteiger partial charge in [0, 0.05) is 5.69 Å². The quantitative estimate of drug-likeness (QED) is 0.815. The Morgan fingerprint density at radius 1 is 1.04 bits per heavy atom. The molecule has 24 heavy (non-hydrogen) atoms. The number of rotatable bonds is 6. The van der Waals surface area contributed by atoms with E-state index in [2.05, 4.69) is 5.32 Å². The van der Waals surface area contributed by atoms with E-state index in [1.807, 2.05) is 68.4 Å². The van der Waals surface area contributed by atoms with Gasteiger partial charge in [0.25, 0.3) is 5.91 Å². The van der Waals surface area contributed by atoms with Gasteiger partial charge in [-0.15, -0.1) is 0 Å². The van der Waals surface area contributed by atoms with Crippen molar-refractivity contribution < 1.29 is 14.3 Å². The minimum Gasteiger partial charge on any atom is -0.452 e. The van der Waals surface area contributed by atoms with Crippen molar-refractivity contribution in [2.24, 2.45) is 0 Å². The van der Waals surface area contributed by atoms with Gasteiger partial charge in [0.15, 0.2) is 6.10 Å². The zero-order valence-electron chi connectivity index (χ0n) is 14.3. The Bertz CT molecular complexity index is 680. The molecule has 4 nitrogen and oxygen atoms in total. The van der Waals surface area contributed by atoms with Crippen LogP contribution in [0.5, 0.6) is 0 Å². The summed E-state index contributed by atoms with van der Waals surface area (Å²) in [4.78, 5) is 24.6. The lowest BCUT2D eigenvalue weighted by atomic mass is 9.97. The van der Waals surface area contributed by atoms with Crippen molar-refractivity contribution in [3.8, 4) is 0 Å². The first-order valence-corrected chi connectivity index (χ1v) is 8.14. The number of benzene rings is 2. The van der Waals surface area contributed by atoms with Crippen molar-refractivity contribution in [2.75, 3.05) is 5.32 Å². The predicted octanol–water partition coefficient (Wildman–Crippen LogP) is 4.06. The average molecular weight is 325 g/mol. The van der Waals surface area contributed by atoms with Gasteiger partial charge in [0.1, 0.15) is 0 Å². The third kappa shape index (κ3) is 4.69. The van der Waals surface area contributed by atoms with Crippen LogP contribution >= 0.6 is 0 Å². The van der Waals surface area contributed by atoms with Crippen LogP contribution < -0.4 is 5.32 Å². The third-order valence-corrected chi connectivity index (χ3v) is 3.88. The minimum absolute atomic E-state index is 0.338. The van der Waals surface area contributed by atoms with Crippen LogP contribution in [0.4, 0.5) is 5.69 Å². The van der Waals surface area contributed by atoms with E-state index < -0.39 is 6.10 Å². The second-order valence-electron chi connectivity index (χ2n) is 5.81. The van der Waals surface area contributed by atoms with Crippen molar-refractivity contribution in [1.82, 2.24) is 0 Å². The number of nitrogens with one attached hydrogen (secondary N) is 1. The lowest BCUT2D eigenvalue weighted by Gasteiger charge is -2.18. The van der Waals surface area contributed by atoms with E-state index in [-0.39, 0.29) is 17.8 Å². The Morgan fingerprint density at radius 2 is 1.67 bits per heavy atom. The highest BCUT2D eigenvalue weighted by molar-refractivity contribution is 5.95. The molecule has 0 saturated carbocycles. The Balaban J connectivity index is 1.97. The highest BCUT2D eigenvalue weighted by Crippen LogP contribution is 2.21. The number of esters is 1.